The third-order valence-corrected chi connectivity index (χ3v) is 2.98. The van der Waals surface area contributed by atoms with Gasteiger partial charge in [0, 0.05) is 0 Å². The topological polar surface area (TPSA) is 46.5 Å². The molecule has 18 heavy (non-hydrogen) atoms. The van der Waals surface area contributed by atoms with E-state index < -0.39 is 12.0 Å². The molecule has 0 aromatic heterocycles. The van der Waals surface area contributed by atoms with E-state index in [-0.39, 0.29) is 5.97 Å². The first-order chi connectivity index (χ1) is 8.54. The number of esters is 1. The Morgan fingerprint density at radius 1 is 1.28 bits per heavy atom. The summed E-state index contributed by atoms with van der Waals surface area (Å²) < 4.78 is 4.79. The van der Waals surface area contributed by atoms with Gasteiger partial charge in [0.25, 0.3) is 0 Å². The third kappa shape index (κ3) is 4.49. The number of benzene rings is 1. The Morgan fingerprint density at radius 2 is 1.89 bits per heavy atom. The van der Waals surface area contributed by atoms with Crippen LogP contribution >= 0.6 is 0 Å². The number of carbonyl (C=O) groups is 1. The molecule has 0 radical (unpaired) electrons. The average Bonchev–Trinajstić information content (AvgIpc) is 2.35. The second-order valence-electron chi connectivity index (χ2n) is 5.02. The summed E-state index contributed by atoms with van der Waals surface area (Å²) in [6.07, 6.45) is 0.464. The van der Waals surface area contributed by atoms with Crippen LogP contribution in [-0.4, -0.2) is 24.3 Å². The van der Waals surface area contributed by atoms with Gasteiger partial charge >= 0.3 is 5.97 Å². The standard InChI is InChI=1S/C15H22O3/c1-11(2)9-14(16)13(15(17)18-3)10-12-7-5-4-6-8-12/h4-8,11,13-14,16H,9-10H2,1-3H3/t13-,14+/m0/s1. The van der Waals surface area contributed by atoms with Gasteiger partial charge in [0.15, 0.2) is 0 Å². The van der Waals surface area contributed by atoms with Crippen molar-refractivity contribution in [3.8, 4) is 0 Å². The van der Waals surface area contributed by atoms with Crippen molar-refractivity contribution in [2.24, 2.45) is 11.8 Å². The van der Waals surface area contributed by atoms with Crippen molar-refractivity contribution in [1.29, 1.82) is 0 Å². The van der Waals surface area contributed by atoms with E-state index in [1.165, 1.54) is 7.11 Å². The Bertz CT molecular complexity index is 359. The molecule has 0 heterocycles. The summed E-state index contributed by atoms with van der Waals surface area (Å²) in [6.45, 7) is 4.06. The monoisotopic (exact) mass is 250 g/mol. The van der Waals surface area contributed by atoms with Crippen LogP contribution in [0.15, 0.2) is 30.3 Å². The largest absolute Gasteiger partial charge is 0.469 e. The molecule has 0 aliphatic rings. The molecule has 0 saturated carbocycles. The Labute approximate surface area is 109 Å². The number of rotatable bonds is 6. The summed E-state index contributed by atoms with van der Waals surface area (Å²) in [4.78, 5) is 11.8. The molecule has 1 aromatic rings. The van der Waals surface area contributed by atoms with Gasteiger partial charge in [-0.25, -0.2) is 0 Å². The fraction of sp³-hybridized carbons (Fsp3) is 0.533. The maximum Gasteiger partial charge on any atom is 0.311 e. The highest BCUT2D eigenvalue weighted by molar-refractivity contribution is 5.73. The lowest BCUT2D eigenvalue weighted by Gasteiger charge is -2.22. The van der Waals surface area contributed by atoms with Crippen molar-refractivity contribution in [1.82, 2.24) is 0 Å². The second-order valence-corrected chi connectivity index (χ2v) is 5.02. The Kier molecular flexibility index (Phi) is 5.86. The van der Waals surface area contributed by atoms with Crippen molar-refractivity contribution < 1.29 is 14.6 Å². The minimum atomic E-state index is -0.655. The summed E-state index contributed by atoms with van der Waals surface area (Å²) in [6, 6.07) is 9.70. The highest BCUT2D eigenvalue weighted by Crippen LogP contribution is 2.19. The zero-order valence-corrected chi connectivity index (χ0v) is 11.3. The first-order valence-electron chi connectivity index (χ1n) is 6.34. The maximum absolute atomic E-state index is 11.8. The van der Waals surface area contributed by atoms with E-state index in [1.807, 2.05) is 44.2 Å². The summed E-state index contributed by atoms with van der Waals surface area (Å²) in [5.74, 6) is -0.477. The zero-order chi connectivity index (χ0) is 13.5. The molecule has 0 bridgehead atoms. The number of aliphatic hydroxyl groups is 1. The molecule has 1 N–H and O–H groups in total. The second kappa shape index (κ2) is 7.17. The Hall–Kier alpha value is -1.35. The minimum Gasteiger partial charge on any atom is -0.469 e. The molecule has 0 aliphatic carbocycles. The summed E-state index contributed by atoms with van der Waals surface area (Å²) in [5, 5.41) is 10.1. The van der Waals surface area contributed by atoms with Crippen molar-refractivity contribution in [2.75, 3.05) is 7.11 Å². The van der Waals surface area contributed by atoms with Crippen LogP contribution in [0.5, 0.6) is 0 Å². The molecule has 0 unspecified atom stereocenters. The number of carbonyl (C=O) groups excluding carboxylic acids is 1. The molecule has 100 valence electrons. The summed E-state index contributed by atoms with van der Waals surface area (Å²) in [5.41, 5.74) is 1.04. The van der Waals surface area contributed by atoms with Gasteiger partial charge in [-0.05, 0) is 24.3 Å². The maximum atomic E-state index is 11.8. The highest BCUT2D eigenvalue weighted by atomic mass is 16.5. The van der Waals surface area contributed by atoms with E-state index in [0.717, 1.165) is 5.56 Å². The van der Waals surface area contributed by atoms with Crippen LogP contribution < -0.4 is 0 Å². The number of methoxy groups -OCH3 is 1. The highest BCUT2D eigenvalue weighted by Gasteiger charge is 2.28. The van der Waals surface area contributed by atoms with Crippen molar-refractivity contribution in [2.45, 2.75) is 32.8 Å². The first kappa shape index (κ1) is 14.7. The molecular weight excluding hydrogens is 228 g/mol. The summed E-state index contributed by atoms with van der Waals surface area (Å²) in [7, 11) is 1.36. The number of ether oxygens (including phenoxy) is 1. The number of aliphatic hydroxyl groups excluding tert-OH is 1. The van der Waals surface area contributed by atoms with Crippen molar-refractivity contribution in [3.05, 3.63) is 35.9 Å². The van der Waals surface area contributed by atoms with Crippen LogP contribution in [-0.2, 0) is 16.0 Å². The molecule has 0 aliphatic heterocycles. The first-order valence-corrected chi connectivity index (χ1v) is 6.34. The van der Waals surface area contributed by atoms with Crippen molar-refractivity contribution >= 4 is 5.97 Å². The van der Waals surface area contributed by atoms with Gasteiger partial charge in [0.05, 0.1) is 19.1 Å². The van der Waals surface area contributed by atoms with E-state index in [1.54, 1.807) is 0 Å². The van der Waals surface area contributed by atoms with E-state index in [4.69, 9.17) is 4.74 Å². The number of hydrogen-bond donors (Lipinski definition) is 1. The van der Waals surface area contributed by atoms with E-state index in [0.29, 0.717) is 18.8 Å². The summed E-state index contributed by atoms with van der Waals surface area (Å²) >= 11 is 0. The van der Waals surface area contributed by atoms with Gasteiger partial charge in [-0.3, -0.25) is 4.79 Å². The van der Waals surface area contributed by atoms with Crippen LogP contribution in [0.2, 0.25) is 0 Å². The fourth-order valence-corrected chi connectivity index (χ4v) is 2.04. The molecular formula is C15H22O3. The quantitative estimate of drug-likeness (QED) is 0.789. The van der Waals surface area contributed by atoms with Crippen LogP contribution in [0.4, 0.5) is 0 Å². The predicted molar refractivity (Wildman–Crippen MR) is 71.1 cm³/mol. The van der Waals surface area contributed by atoms with Gasteiger partial charge in [0.1, 0.15) is 0 Å². The van der Waals surface area contributed by atoms with Gasteiger partial charge in [-0.2, -0.15) is 0 Å². The normalized spacial score (nSPS) is 14.3. The lowest BCUT2D eigenvalue weighted by Crippen LogP contribution is -2.32. The van der Waals surface area contributed by atoms with E-state index >= 15 is 0 Å². The van der Waals surface area contributed by atoms with Gasteiger partial charge in [-0.15, -0.1) is 0 Å². The smallest absolute Gasteiger partial charge is 0.311 e. The minimum absolute atomic E-state index is 0.341. The molecule has 0 amide bonds. The lowest BCUT2D eigenvalue weighted by atomic mass is 9.89. The SMILES string of the molecule is COC(=O)[C@@H](Cc1ccccc1)[C@H](O)CC(C)C. The molecule has 2 atom stereocenters. The van der Waals surface area contributed by atoms with Gasteiger partial charge in [0.2, 0.25) is 0 Å². The molecule has 1 aromatic carbocycles. The molecule has 0 saturated heterocycles. The van der Waals surface area contributed by atoms with Crippen LogP contribution in [0, 0.1) is 11.8 Å². The molecule has 3 heteroatoms. The number of hydrogen-bond acceptors (Lipinski definition) is 3. The van der Waals surface area contributed by atoms with Gasteiger partial charge in [-0.1, -0.05) is 44.2 Å². The van der Waals surface area contributed by atoms with Crippen LogP contribution in [0.25, 0.3) is 0 Å². The predicted octanol–water partition coefficient (Wildman–Crippen LogP) is 2.43. The fourth-order valence-electron chi connectivity index (χ4n) is 2.04. The van der Waals surface area contributed by atoms with Crippen molar-refractivity contribution in [3.63, 3.8) is 0 Å². The van der Waals surface area contributed by atoms with E-state index in [9.17, 15) is 9.90 Å². The molecule has 0 spiro atoms. The Balaban J connectivity index is 2.76. The Morgan fingerprint density at radius 3 is 2.39 bits per heavy atom. The average molecular weight is 250 g/mol. The van der Waals surface area contributed by atoms with E-state index in [2.05, 4.69) is 0 Å². The third-order valence-electron chi connectivity index (χ3n) is 2.98. The van der Waals surface area contributed by atoms with Gasteiger partial charge < -0.3 is 9.84 Å². The molecule has 1 rings (SSSR count). The lowest BCUT2D eigenvalue weighted by molar-refractivity contribution is -0.149. The van der Waals surface area contributed by atoms with Crippen LogP contribution in [0.3, 0.4) is 0 Å². The van der Waals surface area contributed by atoms with Crippen LogP contribution in [0.1, 0.15) is 25.8 Å². The molecule has 3 nitrogen and oxygen atoms in total. The molecule has 0 fully saturated rings. The zero-order valence-electron chi connectivity index (χ0n) is 11.3.